The highest BCUT2D eigenvalue weighted by Crippen LogP contribution is 2.15. The molecule has 0 amide bonds. The van der Waals surface area contributed by atoms with Crippen LogP contribution in [-0.4, -0.2) is 10.9 Å². The Balaban J connectivity index is 2.27. The van der Waals surface area contributed by atoms with Gasteiger partial charge in [0.15, 0.2) is 11.5 Å². The van der Waals surface area contributed by atoms with E-state index in [2.05, 4.69) is 5.16 Å². The zero-order valence-electron chi connectivity index (χ0n) is 8.74. The molecule has 0 unspecified atom stereocenters. The van der Waals surface area contributed by atoms with Crippen LogP contribution in [-0.2, 0) is 6.42 Å². The van der Waals surface area contributed by atoms with Crippen LogP contribution in [0.2, 0.25) is 0 Å². The van der Waals surface area contributed by atoms with Crippen LogP contribution in [0.1, 0.15) is 28.6 Å². The van der Waals surface area contributed by atoms with E-state index >= 15 is 0 Å². The average molecular weight is 219 g/mol. The maximum absolute atomic E-state index is 12.9. The second kappa shape index (κ2) is 4.26. The first-order valence-electron chi connectivity index (χ1n) is 4.86. The normalized spacial score (nSPS) is 10.4. The van der Waals surface area contributed by atoms with Gasteiger partial charge in [-0.15, -0.1) is 0 Å². The fraction of sp³-hybridized carbons (Fsp3) is 0.167. The van der Waals surface area contributed by atoms with Crippen LogP contribution in [0.25, 0.3) is 0 Å². The van der Waals surface area contributed by atoms with Crippen molar-refractivity contribution >= 4 is 5.78 Å². The summed E-state index contributed by atoms with van der Waals surface area (Å²) in [6, 6.07) is 6.17. The Morgan fingerprint density at radius 3 is 3.00 bits per heavy atom. The van der Waals surface area contributed by atoms with Gasteiger partial charge in [0.05, 0.1) is 11.8 Å². The number of Topliss-reactive ketones (excluding diaryl/α,β-unsaturated/α-hetero) is 1. The van der Waals surface area contributed by atoms with Gasteiger partial charge in [0.1, 0.15) is 5.82 Å². The summed E-state index contributed by atoms with van der Waals surface area (Å²) >= 11 is 0. The molecule has 1 aromatic carbocycles. The van der Waals surface area contributed by atoms with Crippen molar-refractivity contribution in [3.05, 3.63) is 53.2 Å². The van der Waals surface area contributed by atoms with Gasteiger partial charge in [0, 0.05) is 6.42 Å². The van der Waals surface area contributed by atoms with Gasteiger partial charge in [0.25, 0.3) is 0 Å². The molecule has 0 spiro atoms. The number of nitrogens with zero attached hydrogens (tertiary/aromatic N) is 1. The highest BCUT2D eigenvalue weighted by Gasteiger charge is 2.12. The highest BCUT2D eigenvalue weighted by molar-refractivity contribution is 5.94. The second-order valence-electron chi connectivity index (χ2n) is 3.53. The largest absolute Gasteiger partial charge is 0.360 e. The van der Waals surface area contributed by atoms with Crippen LogP contribution >= 0.6 is 0 Å². The molecule has 0 radical (unpaired) electrons. The number of halogens is 1. The summed E-state index contributed by atoms with van der Waals surface area (Å²) in [4.78, 5) is 11.2. The van der Waals surface area contributed by atoms with Crippen molar-refractivity contribution in [2.75, 3.05) is 0 Å². The van der Waals surface area contributed by atoms with Gasteiger partial charge in [-0.2, -0.15) is 0 Å². The summed E-state index contributed by atoms with van der Waals surface area (Å²) in [7, 11) is 0. The van der Waals surface area contributed by atoms with E-state index in [1.807, 2.05) is 0 Å². The van der Waals surface area contributed by atoms with Crippen LogP contribution in [0.4, 0.5) is 4.39 Å². The van der Waals surface area contributed by atoms with Gasteiger partial charge < -0.3 is 4.52 Å². The van der Waals surface area contributed by atoms with E-state index in [-0.39, 0.29) is 11.6 Å². The summed E-state index contributed by atoms with van der Waals surface area (Å²) in [5.41, 5.74) is 1.20. The summed E-state index contributed by atoms with van der Waals surface area (Å²) in [6.45, 7) is 1.45. The van der Waals surface area contributed by atoms with Crippen LogP contribution in [0.3, 0.4) is 0 Å². The first-order chi connectivity index (χ1) is 7.66. The lowest BCUT2D eigenvalue weighted by atomic mass is 10.1. The molecule has 4 heteroatoms. The molecule has 0 aliphatic carbocycles. The minimum absolute atomic E-state index is 0.104. The molecule has 0 aliphatic rings. The lowest BCUT2D eigenvalue weighted by molar-refractivity contribution is 0.101. The van der Waals surface area contributed by atoms with Crippen molar-refractivity contribution < 1.29 is 13.7 Å². The van der Waals surface area contributed by atoms with Gasteiger partial charge >= 0.3 is 0 Å². The quantitative estimate of drug-likeness (QED) is 0.745. The summed E-state index contributed by atoms with van der Waals surface area (Å²) < 4.78 is 17.9. The van der Waals surface area contributed by atoms with E-state index < -0.39 is 0 Å². The van der Waals surface area contributed by atoms with Crippen molar-refractivity contribution in [3.8, 4) is 0 Å². The zero-order valence-corrected chi connectivity index (χ0v) is 8.74. The molecule has 1 heterocycles. The van der Waals surface area contributed by atoms with Crippen molar-refractivity contribution in [3.63, 3.8) is 0 Å². The van der Waals surface area contributed by atoms with Crippen molar-refractivity contribution in [2.24, 2.45) is 0 Å². The Bertz CT molecular complexity index is 519. The van der Waals surface area contributed by atoms with E-state index in [0.29, 0.717) is 17.7 Å². The summed E-state index contributed by atoms with van der Waals surface area (Å²) in [6.07, 6.45) is 1.75. The van der Waals surface area contributed by atoms with Crippen LogP contribution in [0.15, 0.2) is 35.0 Å². The Morgan fingerprint density at radius 2 is 2.31 bits per heavy atom. The average Bonchev–Trinajstić information content (AvgIpc) is 2.66. The van der Waals surface area contributed by atoms with E-state index in [4.69, 9.17) is 4.52 Å². The first-order valence-corrected chi connectivity index (χ1v) is 4.86. The maximum atomic E-state index is 12.9. The summed E-state index contributed by atoms with van der Waals surface area (Å²) in [5.74, 6) is 0.0622. The molecule has 0 aliphatic heterocycles. The standard InChI is InChI=1S/C12H10FNO2/c1-8(15)11-7-14-16-12(11)6-9-3-2-4-10(13)5-9/h2-5,7H,6H2,1H3. The van der Waals surface area contributed by atoms with Gasteiger partial charge in [-0.25, -0.2) is 4.39 Å². The molecule has 3 nitrogen and oxygen atoms in total. The fourth-order valence-corrected chi connectivity index (χ4v) is 1.51. The third-order valence-electron chi connectivity index (χ3n) is 2.28. The van der Waals surface area contributed by atoms with Crippen molar-refractivity contribution in [1.82, 2.24) is 5.16 Å². The molecule has 82 valence electrons. The molecule has 2 aromatic rings. The topological polar surface area (TPSA) is 43.1 Å². The fourth-order valence-electron chi connectivity index (χ4n) is 1.51. The molecule has 0 N–H and O–H groups in total. The van der Waals surface area contributed by atoms with Crippen molar-refractivity contribution in [2.45, 2.75) is 13.3 Å². The maximum Gasteiger partial charge on any atom is 0.165 e. The van der Waals surface area contributed by atoms with E-state index in [1.165, 1.54) is 25.3 Å². The number of hydrogen-bond donors (Lipinski definition) is 0. The lowest BCUT2D eigenvalue weighted by Crippen LogP contribution is -1.96. The molecule has 0 fully saturated rings. The minimum atomic E-state index is -0.304. The number of rotatable bonds is 3. The van der Waals surface area contributed by atoms with Crippen molar-refractivity contribution in [1.29, 1.82) is 0 Å². The smallest absolute Gasteiger partial charge is 0.165 e. The predicted molar refractivity (Wildman–Crippen MR) is 55.7 cm³/mol. The van der Waals surface area contributed by atoms with Gasteiger partial charge in [-0.1, -0.05) is 17.3 Å². The molecule has 2 rings (SSSR count). The number of carbonyl (C=O) groups is 1. The first kappa shape index (κ1) is 10.5. The van der Waals surface area contributed by atoms with Gasteiger partial charge in [0.2, 0.25) is 0 Å². The number of ketones is 1. The number of hydrogen-bond acceptors (Lipinski definition) is 3. The van der Waals surface area contributed by atoms with E-state index in [0.717, 1.165) is 5.56 Å². The third kappa shape index (κ3) is 2.16. The Morgan fingerprint density at radius 1 is 1.50 bits per heavy atom. The number of benzene rings is 1. The molecular formula is C12H10FNO2. The van der Waals surface area contributed by atoms with E-state index in [9.17, 15) is 9.18 Å². The third-order valence-corrected chi connectivity index (χ3v) is 2.28. The Labute approximate surface area is 91.9 Å². The van der Waals surface area contributed by atoms with Gasteiger partial charge in [-0.3, -0.25) is 4.79 Å². The monoisotopic (exact) mass is 219 g/mol. The number of carbonyl (C=O) groups excluding carboxylic acids is 1. The number of aromatic nitrogens is 1. The van der Waals surface area contributed by atoms with Crippen LogP contribution < -0.4 is 0 Å². The molecule has 1 aromatic heterocycles. The Hall–Kier alpha value is -1.97. The van der Waals surface area contributed by atoms with E-state index in [1.54, 1.807) is 12.1 Å². The SMILES string of the molecule is CC(=O)c1cnoc1Cc1cccc(F)c1. The molecule has 16 heavy (non-hydrogen) atoms. The summed E-state index contributed by atoms with van der Waals surface area (Å²) in [5, 5.41) is 3.57. The second-order valence-corrected chi connectivity index (χ2v) is 3.53. The Kier molecular flexibility index (Phi) is 2.81. The molecule has 0 atom stereocenters. The van der Waals surface area contributed by atoms with Crippen LogP contribution in [0.5, 0.6) is 0 Å². The lowest BCUT2D eigenvalue weighted by Gasteiger charge is -1.99. The highest BCUT2D eigenvalue weighted by atomic mass is 19.1. The minimum Gasteiger partial charge on any atom is -0.360 e. The van der Waals surface area contributed by atoms with Crippen LogP contribution in [0, 0.1) is 5.82 Å². The predicted octanol–water partition coefficient (Wildman–Crippen LogP) is 2.61. The van der Waals surface area contributed by atoms with Gasteiger partial charge in [-0.05, 0) is 24.6 Å². The molecular weight excluding hydrogens is 209 g/mol. The molecule has 0 saturated carbocycles. The molecule has 0 bridgehead atoms. The zero-order chi connectivity index (χ0) is 11.5. The molecule has 0 saturated heterocycles.